The molecule has 0 spiro atoms. The van der Waals surface area contributed by atoms with E-state index in [4.69, 9.17) is 16.9 Å². The molecule has 0 radical (unpaired) electrons. The molecule has 92 valence electrons. The van der Waals surface area contributed by atoms with Gasteiger partial charge in [0.05, 0.1) is 12.4 Å². The summed E-state index contributed by atoms with van der Waals surface area (Å²) < 4.78 is 15.3. The van der Waals surface area contributed by atoms with Crippen LogP contribution in [0.1, 0.15) is 5.69 Å². The first-order chi connectivity index (χ1) is 9.19. The first kappa shape index (κ1) is 11.6. The van der Waals surface area contributed by atoms with Crippen molar-refractivity contribution >= 4 is 17.2 Å². The van der Waals surface area contributed by atoms with E-state index in [-0.39, 0.29) is 11.0 Å². The average molecular weight is 274 g/mol. The molecule has 0 N–H and O–H groups in total. The zero-order valence-electron chi connectivity index (χ0n) is 9.38. The Bertz CT molecular complexity index is 821. The first-order valence-electron chi connectivity index (χ1n) is 5.24. The third kappa shape index (κ3) is 1.90. The summed E-state index contributed by atoms with van der Waals surface area (Å²) in [6.07, 6.45) is 4.04. The molecule has 3 aromatic heterocycles. The minimum Gasteiger partial charge on any atom is -0.291 e. The Kier molecular flexibility index (Phi) is 2.62. The summed E-state index contributed by atoms with van der Waals surface area (Å²) in [5.74, 6) is -0.581. The summed E-state index contributed by atoms with van der Waals surface area (Å²) in [4.78, 5) is 11.5. The van der Waals surface area contributed by atoms with Gasteiger partial charge in [-0.1, -0.05) is 0 Å². The Hall–Kier alpha value is -2.52. The lowest BCUT2D eigenvalue weighted by molar-refractivity contribution is 0.618. The van der Waals surface area contributed by atoms with E-state index in [1.807, 2.05) is 6.07 Å². The third-order valence-corrected chi connectivity index (χ3v) is 2.79. The molecule has 5 nitrogen and oxygen atoms in total. The maximum Gasteiger partial charge on any atom is 0.223 e. The molecule has 3 heterocycles. The summed E-state index contributed by atoms with van der Waals surface area (Å²) in [7, 11) is 0. The van der Waals surface area contributed by atoms with Gasteiger partial charge in [0, 0.05) is 11.8 Å². The van der Waals surface area contributed by atoms with Crippen molar-refractivity contribution < 1.29 is 4.39 Å². The van der Waals surface area contributed by atoms with Crippen LogP contribution in [-0.4, -0.2) is 19.4 Å². The van der Waals surface area contributed by atoms with E-state index in [0.29, 0.717) is 16.9 Å². The van der Waals surface area contributed by atoms with Crippen LogP contribution in [0.25, 0.3) is 16.9 Å². The van der Waals surface area contributed by atoms with Crippen molar-refractivity contribution in [3.63, 3.8) is 0 Å². The minimum atomic E-state index is -0.581. The predicted octanol–water partition coefficient (Wildman–Crippen LogP) is 2.46. The van der Waals surface area contributed by atoms with Crippen LogP contribution in [0.3, 0.4) is 0 Å². The summed E-state index contributed by atoms with van der Waals surface area (Å²) in [6.45, 7) is 0. The molecular formula is C12H5ClFN5. The highest BCUT2D eigenvalue weighted by molar-refractivity contribution is 6.28. The summed E-state index contributed by atoms with van der Waals surface area (Å²) in [6, 6.07) is 5.33. The fourth-order valence-corrected chi connectivity index (χ4v) is 1.88. The van der Waals surface area contributed by atoms with Gasteiger partial charge in [0.1, 0.15) is 23.1 Å². The van der Waals surface area contributed by atoms with Gasteiger partial charge in [-0.3, -0.25) is 4.40 Å². The zero-order valence-corrected chi connectivity index (χ0v) is 10.1. The molecule has 0 aliphatic rings. The molecule has 7 heteroatoms. The molecule has 0 saturated carbocycles. The molecule has 0 bridgehead atoms. The van der Waals surface area contributed by atoms with Crippen LogP contribution in [0.5, 0.6) is 0 Å². The number of aromatic nitrogens is 4. The summed E-state index contributed by atoms with van der Waals surface area (Å²) in [5.41, 5.74) is 1.53. The standard InChI is InChI=1S/C12H5ClFN5/c13-12-17-5-9(14)11(18-12)7-1-2-10-16-4-8(3-15)19(10)6-7/h1-2,4-6H. The van der Waals surface area contributed by atoms with Gasteiger partial charge < -0.3 is 0 Å². The fourth-order valence-electron chi connectivity index (χ4n) is 1.75. The van der Waals surface area contributed by atoms with Crippen molar-refractivity contribution in [3.8, 4) is 17.3 Å². The van der Waals surface area contributed by atoms with Gasteiger partial charge in [-0.2, -0.15) is 5.26 Å². The number of fused-ring (bicyclic) bond motifs is 1. The maximum atomic E-state index is 13.7. The molecule has 0 unspecified atom stereocenters. The second kappa shape index (κ2) is 4.30. The van der Waals surface area contributed by atoms with Gasteiger partial charge >= 0.3 is 0 Å². The van der Waals surface area contributed by atoms with Gasteiger partial charge in [0.15, 0.2) is 5.82 Å². The van der Waals surface area contributed by atoms with Crippen molar-refractivity contribution in [2.45, 2.75) is 0 Å². The third-order valence-electron chi connectivity index (χ3n) is 2.61. The largest absolute Gasteiger partial charge is 0.291 e. The van der Waals surface area contributed by atoms with Gasteiger partial charge in [-0.05, 0) is 23.7 Å². The van der Waals surface area contributed by atoms with E-state index < -0.39 is 5.82 Å². The van der Waals surface area contributed by atoms with Crippen LogP contribution in [-0.2, 0) is 0 Å². The highest BCUT2D eigenvalue weighted by Gasteiger charge is 2.11. The predicted molar refractivity (Wildman–Crippen MR) is 65.9 cm³/mol. The maximum absolute atomic E-state index is 13.7. The molecule has 0 fully saturated rings. The van der Waals surface area contributed by atoms with Crippen molar-refractivity contribution in [1.82, 2.24) is 19.4 Å². The van der Waals surface area contributed by atoms with Gasteiger partial charge in [0.25, 0.3) is 0 Å². The lowest BCUT2D eigenvalue weighted by atomic mass is 10.2. The molecule has 3 aromatic rings. The molecule has 3 rings (SSSR count). The Labute approximate surface area is 111 Å². The minimum absolute atomic E-state index is 0.0392. The van der Waals surface area contributed by atoms with E-state index in [9.17, 15) is 4.39 Å². The van der Waals surface area contributed by atoms with Gasteiger partial charge in [-0.15, -0.1) is 0 Å². The number of nitrogens with zero attached hydrogens (tertiary/aromatic N) is 5. The first-order valence-corrected chi connectivity index (χ1v) is 5.62. The molecular weight excluding hydrogens is 269 g/mol. The number of rotatable bonds is 1. The summed E-state index contributed by atoms with van der Waals surface area (Å²) in [5, 5.41) is 8.91. The fraction of sp³-hybridized carbons (Fsp3) is 0. The molecule has 0 amide bonds. The SMILES string of the molecule is N#Cc1cnc2ccc(-c3nc(Cl)ncc3F)cn12. The second-order valence-corrected chi connectivity index (χ2v) is 4.07. The molecule has 0 saturated heterocycles. The smallest absolute Gasteiger partial charge is 0.223 e. The Morgan fingerprint density at radius 3 is 2.89 bits per heavy atom. The number of pyridine rings is 1. The number of hydrogen-bond donors (Lipinski definition) is 0. The van der Waals surface area contributed by atoms with Crippen molar-refractivity contribution in [1.29, 1.82) is 5.26 Å². The molecule has 0 aromatic carbocycles. The van der Waals surface area contributed by atoms with Crippen LogP contribution >= 0.6 is 11.6 Å². The number of hydrogen-bond acceptors (Lipinski definition) is 4. The molecule has 0 aliphatic heterocycles. The van der Waals surface area contributed by atoms with Crippen molar-refractivity contribution in [2.24, 2.45) is 0 Å². The van der Waals surface area contributed by atoms with Crippen molar-refractivity contribution in [2.75, 3.05) is 0 Å². The number of halogens is 2. The topological polar surface area (TPSA) is 66.9 Å². The van der Waals surface area contributed by atoms with Gasteiger partial charge in [-0.25, -0.2) is 19.3 Å². The van der Waals surface area contributed by atoms with Crippen LogP contribution in [0.2, 0.25) is 5.28 Å². The van der Waals surface area contributed by atoms with E-state index in [0.717, 1.165) is 6.20 Å². The van der Waals surface area contributed by atoms with E-state index in [2.05, 4.69) is 15.0 Å². The molecule has 0 aliphatic carbocycles. The van der Waals surface area contributed by atoms with Crippen LogP contribution < -0.4 is 0 Å². The molecule has 19 heavy (non-hydrogen) atoms. The van der Waals surface area contributed by atoms with Crippen LogP contribution in [0, 0.1) is 17.1 Å². The number of nitriles is 1. The van der Waals surface area contributed by atoms with Crippen LogP contribution in [0.15, 0.2) is 30.7 Å². The lowest BCUT2D eigenvalue weighted by Gasteiger charge is -2.04. The Balaban J connectivity index is 2.25. The summed E-state index contributed by atoms with van der Waals surface area (Å²) >= 11 is 5.66. The quantitative estimate of drug-likeness (QED) is 0.639. The van der Waals surface area contributed by atoms with E-state index in [1.54, 1.807) is 22.7 Å². The number of imidazole rings is 1. The highest BCUT2D eigenvalue weighted by Crippen LogP contribution is 2.22. The molecule has 0 atom stereocenters. The second-order valence-electron chi connectivity index (χ2n) is 3.74. The monoisotopic (exact) mass is 273 g/mol. The van der Waals surface area contributed by atoms with Crippen LogP contribution in [0.4, 0.5) is 4.39 Å². The Morgan fingerprint density at radius 1 is 1.26 bits per heavy atom. The van der Waals surface area contributed by atoms with Crippen molar-refractivity contribution in [3.05, 3.63) is 47.5 Å². The normalized spacial score (nSPS) is 10.6. The highest BCUT2D eigenvalue weighted by atomic mass is 35.5. The average Bonchev–Trinajstić information content (AvgIpc) is 2.83. The lowest BCUT2D eigenvalue weighted by Crippen LogP contribution is -1.95. The zero-order chi connectivity index (χ0) is 13.4. The van der Waals surface area contributed by atoms with E-state index >= 15 is 0 Å². The van der Waals surface area contributed by atoms with E-state index in [1.165, 1.54) is 6.20 Å². The van der Waals surface area contributed by atoms with Gasteiger partial charge in [0.2, 0.25) is 5.28 Å². The Morgan fingerprint density at radius 2 is 2.11 bits per heavy atom.